The van der Waals surface area contributed by atoms with E-state index in [9.17, 15) is 21.6 Å². The molecule has 0 N–H and O–H groups in total. The second kappa shape index (κ2) is 7.06. The van der Waals surface area contributed by atoms with Gasteiger partial charge in [0.15, 0.2) is 0 Å². The number of nitrogens with zero attached hydrogens (tertiary/aromatic N) is 2. The molecule has 0 unspecified atom stereocenters. The highest BCUT2D eigenvalue weighted by molar-refractivity contribution is 7.91. The normalized spacial score (nSPS) is 17.7. The number of hydrogen-bond donors (Lipinski definition) is 0. The quantitative estimate of drug-likeness (QED) is 0.805. The standard InChI is InChI=1S/C16H17F3N2O2S2/c17-16(18,19)14-4-1-3-13(11-14)12-20-6-8-21(9-7-20)25(22,23)15-5-2-10-24-15/h1-5,10-11H,6-9,12H2. The van der Waals surface area contributed by atoms with Gasteiger partial charge in [0.05, 0.1) is 5.56 Å². The van der Waals surface area contributed by atoms with Gasteiger partial charge in [0, 0.05) is 32.7 Å². The summed E-state index contributed by atoms with van der Waals surface area (Å²) in [6.07, 6.45) is -4.36. The third-order valence-corrected chi connectivity index (χ3v) is 7.35. The second-order valence-electron chi connectivity index (χ2n) is 5.81. The molecule has 1 aliphatic heterocycles. The minimum atomic E-state index is -4.36. The SMILES string of the molecule is O=S(=O)(c1cccs1)N1CCN(Cc2cccc(C(F)(F)F)c2)CC1. The molecule has 1 saturated heterocycles. The zero-order valence-corrected chi connectivity index (χ0v) is 14.9. The molecule has 4 nitrogen and oxygen atoms in total. The summed E-state index contributed by atoms with van der Waals surface area (Å²) in [4.78, 5) is 1.97. The lowest BCUT2D eigenvalue weighted by atomic mass is 10.1. The van der Waals surface area contributed by atoms with E-state index in [2.05, 4.69) is 0 Å². The van der Waals surface area contributed by atoms with Crippen LogP contribution in [0, 0.1) is 0 Å². The van der Waals surface area contributed by atoms with Crippen molar-refractivity contribution < 1.29 is 21.6 Å². The Morgan fingerprint density at radius 3 is 2.36 bits per heavy atom. The van der Waals surface area contributed by atoms with Crippen LogP contribution in [0.5, 0.6) is 0 Å². The molecule has 3 rings (SSSR count). The highest BCUT2D eigenvalue weighted by Crippen LogP contribution is 2.30. The summed E-state index contributed by atoms with van der Waals surface area (Å²) in [5.41, 5.74) is -0.0895. The maximum atomic E-state index is 12.8. The summed E-state index contributed by atoms with van der Waals surface area (Å²) in [5.74, 6) is 0. The Bertz CT molecular complexity index is 812. The number of thiophene rings is 1. The Kier molecular flexibility index (Phi) is 5.19. The fourth-order valence-electron chi connectivity index (χ4n) is 2.77. The van der Waals surface area contributed by atoms with E-state index in [4.69, 9.17) is 0 Å². The van der Waals surface area contributed by atoms with Gasteiger partial charge in [-0.05, 0) is 23.1 Å². The van der Waals surface area contributed by atoms with Gasteiger partial charge in [0.25, 0.3) is 10.0 Å². The van der Waals surface area contributed by atoms with Gasteiger partial charge in [-0.2, -0.15) is 17.5 Å². The topological polar surface area (TPSA) is 40.6 Å². The van der Waals surface area contributed by atoms with Gasteiger partial charge in [-0.3, -0.25) is 4.90 Å². The maximum absolute atomic E-state index is 12.8. The van der Waals surface area contributed by atoms with Crippen LogP contribution in [0.15, 0.2) is 46.0 Å². The molecule has 0 aliphatic carbocycles. The average Bonchev–Trinajstić information content (AvgIpc) is 3.10. The molecule has 1 fully saturated rings. The highest BCUT2D eigenvalue weighted by Gasteiger charge is 2.31. The Morgan fingerprint density at radius 1 is 1.04 bits per heavy atom. The smallest absolute Gasteiger partial charge is 0.296 e. The molecular formula is C16H17F3N2O2S2. The molecular weight excluding hydrogens is 373 g/mol. The summed E-state index contributed by atoms with van der Waals surface area (Å²) in [5, 5.41) is 1.72. The molecule has 1 aliphatic rings. The first-order valence-corrected chi connectivity index (χ1v) is 10.0. The van der Waals surface area contributed by atoms with Crippen LogP contribution in [0.4, 0.5) is 13.2 Å². The molecule has 0 saturated carbocycles. The predicted molar refractivity (Wildman–Crippen MR) is 89.8 cm³/mol. The molecule has 1 aromatic carbocycles. The van der Waals surface area contributed by atoms with Gasteiger partial charge in [-0.15, -0.1) is 11.3 Å². The van der Waals surface area contributed by atoms with E-state index in [0.29, 0.717) is 42.5 Å². The first kappa shape index (κ1) is 18.4. The van der Waals surface area contributed by atoms with Crippen LogP contribution in [0.1, 0.15) is 11.1 Å². The zero-order chi connectivity index (χ0) is 18.1. The van der Waals surface area contributed by atoms with Crippen molar-refractivity contribution in [2.75, 3.05) is 26.2 Å². The summed E-state index contributed by atoms with van der Waals surface area (Å²) < 4.78 is 65.0. The third-order valence-electron chi connectivity index (χ3n) is 4.08. The van der Waals surface area contributed by atoms with Crippen molar-refractivity contribution in [1.29, 1.82) is 0 Å². The van der Waals surface area contributed by atoms with Crippen molar-refractivity contribution in [2.45, 2.75) is 16.9 Å². The second-order valence-corrected chi connectivity index (χ2v) is 8.92. The van der Waals surface area contributed by atoms with E-state index < -0.39 is 21.8 Å². The van der Waals surface area contributed by atoms with Gasteiger partial charge in [-0.1, -0.05) is 24.3 Å². The number of sulfonamides is 1. The van der Waals surface area contributed by atoms with Crippen molar-refractivity contribution in [3.8, 4) is 0 Å². The van der Waals surface area contributed by atoms with Gasteiger partial charge in [0.2, 0.25) is 0 Å². The molecule has 0 atom stereocenters. The summed E-state index contributed by atoms with van der Waals surface area (Å²) >= 11 is 1.18. The minimum Gasteiger partial charge on any atom is -0.296 e. The number of piperazine rings is 1. The highest BCUT2D eigenvalue weighted by atomic mass is 32.2. The van der Waals surface area contributed by atoms with E-state index >= 15 is 0 Å². The molecule has 0 bridgehead atoms. The van der Waals surface area contributed by atoms with E-state index in [-0.39, 0.29) is 0 Å². The lowest BCUT2D eigenvalue weighted by Crippen LogP contribution is -2.48. The fourth-order valence-corrected chi connectivity index (χ4v) is 5.34. The molecule has 136 valence electrons. The van der Waals surface area contributed by atoms with Crippen LogP contribution in [-0.2, 0) is 22.7 Å². The van der Waals surface area contributed by atoms with Gasteiger partial charge < -0.3 is 0 Å². The molecule has 1 aromatic heterocycles. The molecule has 25 heavy (non-hydrogen) atoms. The van der Waals surface area contributed by atoms with Gasteiger partial charge >= 0.3 is 6.18 Å². The molecule has 2 heterocycles. The van der Waals surface area contributed by atoms with Crippen LogP contribution in [0.25, 0.3) is 0 Å². The predicted octanol–water partition coefficient (Wildman–Crippen LogP) is 3.27. The first-order valence-electron chi connectivity index (χ1n) is 7.69. The van der Waals surface area contributed by atoms with Crippen LogP contribution >= 0.6 is 11.3 Å². The third kappa shape index (κ3) is 4.22. The van der Waals surface area contributed by atoms with E-state index in [1.807, 2.05) is 4.90 Å². The Morgan fingerprint density at radius 2 is 1.76 bits per heavy atom. The largest absolute Gasteiger partial charge is 0.416 e. The van der Waals surface area contributed by atoms with Gasteiger partial charge in [0.1, 0.15) is 4.21 Å². The van der Waals surface area contributed by atoms with Gasteiger partial charge in [-0.25, -0.2) is 8.42 Å². The Labute approximate surface area is 148 Å². The lowest BCUT2D eigenvalue weighted by molar-refractivity contribution is -0.137. The van der Waals surface area contributed by atoms with Crippen molar-refractivity contribution in [3.05, 3.63) is 52.9 Å². The van der Waals surface area contributed by atoms with Crippen molar-refractivity contribution in [1.82, 2.24) is 9.21 Å². The van der Waals surface area contributed by atoms with E-state index in [0.717, 1.165) is 12.1 Å². The average molecular weight is 390 g/mol. The number of hydrogen-bond acceptors (Lipinski definition) is 4. The molecule has 0 radical (unpaired) electrons. The van der Waals surface area contributed by atoms with Crippen molar-refractivity contribution in [3.63, 3.8) is 0 Å². The maximum Gasteiger partial charge on any atom is 0.416 e. The first-order chi connectivity index (χ1) is 11.8. The summed E-state index contributed by atoms with van der Waals surface area (Å²) in [7, 11) is -3.46. The van der Waals surface area contributed by atoms with Crippen LogP contribution in [0.3, 0.4) is 0 Å². The van der Waals surface area contributed by atoms with Crippen LogP contribution < -0.4 is 0 Å². The van der Waals surface area contributed by atoms with Crippen molar-refractivity contribution >= 4 is 21.4 Å². The molecule has 9 heteroatoms. The van der Waals surface area contributed by atoms with Crippen LogP contribution in [0.2, 0.25) is 0 Å². The number of halogens is 3. The summed E-state index contributed by atoms with van der Waals surface area (Å²) in [6, 6.07) is 8.53. The number of benzene rings is 1. The van der Waals surface area contributed by atoms with Crippen LogP contribution in [-0.4, -0.2) is 43.8 Å². The fraction of sp³-hybridized carbons (Fsp3) is 0.375. The molecule has 2 aromatic rings. The minimum absolute atomic E-state index is 0.318. The van der Waals surface area contributed by atoms with E-state index in [1.54, 1.807) is 23.6 Å². The Balaban J connectivity index is 1.62. The Hall–Kier alpha value is -1.42. The molecule has 0 amide bonds. The monoisotopic (exact) mass is 390 g/mol. The molecule has 0 spiro atoms. The van der Waals surface area contributed by atoms with Crippen molar-refractivity contribution in [2.24, 2.45) is 0 Å². The van der Waals surface area contributed by atoms with E-state index in [1.165, 1.54) is 21.7 Å². The lowest BCUT2D eigenvalue weighted by Gasteiger charge is -2.33. The summed E-state index contributed by atoms with van der Waals surface area (Å²) in [6.45, 7) is 2.01. The zero-order valence-electron chi connectivity index (χ0n) is 13.2. The number of alkyl halides is 3. The number of rotatable bonds is 4.